The van der Waals surface area contributed by atoms with Gasteiger partial charge in [0.25, 0.3) is 0 Å². The molecule has 8 nitrogen and oxygen atoms in total. The summed E-state index contributed by atoms with van der Waals surface area (Å²) in [6, 6.07) is 1.69. The van der Waals surface area contributed by atoms with Gasteiger partial charge in [0.1, 0.15) is 17.1 Å². The van der Waals surface area contributed by atoms with Crippen LogP contribution in [-0.4, -0.2) is 55.0 Å². The van der Waals surface area contributed by atoms with E-state index in [0.29, 0.717) is 36.8 Å². The van der Waals surface area contributed by atoms with Gasteiger partial charge in [-0.05, 0) is 90.0 Å². The number of benzene rings is 1. The Balaban J connectivity index is 2.99. The first-order chi connectivity index (χ1) is 17.8. The number of morpholine rings is 1. The number of halogens is 2. The van der Waals surface area contributed by atoms with E-state index in [9.17, 15) is 14.5 Å². The summed E-state index contributed by atoms with van der Waals surface area (Å²) in [7, 11) is 1.19. The Bertz CT molecular complexity index is 1130. The Hall–Kier alpha value is -2.59. The van der Waals surface area contributed by atoms with Crippen molar-refractivity contribution in [3.63, 3.8) is 0 Å². The fourth-order valence-corrected chi connectivity index (χ4v) is 4.85. The lowest BCUT2D eigenvalue weighted by molar-refractivity contribution is -0.169. The molecule has 210 valence electrons. The molecular weight excluding hydrogens is 559 g/mol. The van der Waals surface area contributed by atoms with Crippen molar-refractivity contribution < 1.29 is 28.2 Å². The van der Waals surface area contributed by atoms with E-state index in [1.165, 1.54) is 12.0 Å². The average Bonchev–Trinajstić information content (AvgIpc) is 2.86. The highest BCUT2D eigenvalue weighted by atomic mass is 79.9. The number of carbonyl (C=O) groups excluding carboxylic acids is 2. The Morgan fingerprint density at radius 2 is 1.95 bits per heavy atom. The molecule has 1 unspecified atom stereocenters. The zero-order valence-electron chi connectivity index (χ0n) is 23.3. The third-order valence-corrected chi connectivity index (χ3v) is 7.14. The van der Waals surface area contributed by atoms with Gasteiger partial charge < -0.3 is 19.1 Å². The van der Waals surface area contributed by atoms with Gasteiger partial charge >= 0.3 is 12.1 Å². The first-order valence-corrected chi connectivity index (χ1v) is 13.5. The SMILES string of the molecule is C=C(CCC)/C(N=O)=C(\c1cc(C)c(Br)c(F)c1CCC)C1(C(=O)OC)CN(C(=O)OC(C)(C)C)CCO1. The molecule has 1 aromatic carbocycles. The van der Waals surface area contributed by atoms with Crippen LogP contribution in [0.25, 0.3) is 5.57 Å². The minimum absolute atomic E-state index is 0.0315. The molecule has 0 spiro atoms. The quantitative estimate of drug-likeness (QED) is 0.175. The van der Waals surface area contributed by atoms with E-state index in [1.54, 1.807) is 33.8 Å². The zero-order valence-corrected chi connectivity index (χ0v) is 24.9. The second-order valence-corrected chi connectivity index (χ2v) is 11.1. The molecule has 38 heavy (non-hydrogen) atoms. The highest BCUT2D eigenvalue weighted by Crippen LogP contribution is 2.44. The number of amides is 1. The summed E-state index contributed by atoms with van der Waals surface area (Å²) in [5, 5.41) is 3.31. The summed E-state index contributed by atoms with van der Waals surface area (Å²) in [5.41, 5.74) is -1.39. The third-order valence-electron chi connectivity index (χ3n) is 6.17. The molecule has 1 aromatic rings. The number of nitroso groups, excluding NO2 is 1. The number of ether oxygens (including phenoxy) is 3. The number of allylic oxidation sites excluding steroid dienone is 1. The zero-order chi connectivity index (χ0) is 28.8. The van der Waals surface area contributed by atoms with Gasteiger partial charge in [0.05, 0.1) is 24.7 Å². The molecule has 0 saturated carbocycles. The predicted molar refractivity (Wildman–Crippen MR) is 148 cm³/mol. The van der Waals surface area contributed by atoms with Crippen LogP contribution in [0.1, 0.15) is 70.6 Å². The lowest BCUT2D eigenvalue weighted by Gasteiger charge is -2.43. The lowest BCUT2D eigenvalue weighted by atomic mass is 9.80. The molecule has 2 rings (SSSR count). The molecule has 0 aliphatic carbocycles. The second-order valence-electron chi connectivity index (χ2n) is 10.3. The molecule has 1 saturated heterocycles. The Kier molecular flexibility index (Phi) is 10.8. The van der Waals surface area contributed by atoms with Crippen LogP contribution in [0.5, 0.6) is 0 Å². The van der Waals surface area contributed by atoms with E-state index < -0.39 is 29.1 Å². The normalized spacial score (nSPS) is 18.5. The Morgan fingerprint density at radius 3 is 2.47 bits per heavy atom. The molecule has 10 heteroatoms. The highest BCUT2D eigenvalue weighted by Gasteiger charge is 2.52. The number of aryl methyl sites for hydroxylation is 1. The smallest absolute Gasteiger partial charge is 0.410 e. The fraction of sp³-hybridized carbons (Fsp3) is 0.571. The number of esters is 1. The third kappa shape index (κ3) is 6.69. The highest BCUT2D eigenvalue weighted by molar-refractivity contribution is 9.10. The van der Waals surface area contributed by atoms with Crippen molar-refractivity contribution in [2.75, 3.05) is 26.8 Å². The van der Waals surface area contributed by atoms with Crippen molar-refractivity contribution in [2.24, 2.45) is 5.18 Å². The standard InChI is InChI=1S/C28H38BrFN2O6/c1-9-11-17(3)24(31-35)21(20-15-18(4)22(29)23(30)19(20)12-10-2)28(25(33)36-8)16-32(13-14-37-28)26(34)38-27(5,6)7/h15H,3,9-14,16H2,1-2,4-8H3/b24-21-. The summed E-state index contributed by atoms with van der Waals surface area (Å²) < 4.78 is 32.9. The van der Waals surface area contributed by atoms with Gasteiger partial charge in [-0.2, -0.15) is 0 Å². The van der Waals surface area contributed by atoms with E-state index >= 15 is 4.39 Å². The van der Waals surface area contributed by atoms with Crippen LogP contribution < -0.4 is 0 Å². The van der Waals surface area contributed by atoms with E-state index in [-0.39, 0.29) is 46.6 Å². The van der Waals surface area contributed by atoms with E-state index in [0.717, 1.165) is 0 Å². The van der Waals surface area contributed by atoms with Gasteiger partial charge in [-0.25, -0.2) is 14.0 Å². The molecule has 1 fully saturated rings. The number of hydrogen-bond donors (Lipinski definition) is 0. The Morgan fingerprint density at radius 1 is 1.29 bits per heavy atom. The van der Waals surface area contributed by atoms with Gasteiger partial charge in [-0.3, -0.25) is 0 Å². The minimum Gasteiger partial charge on any atom is -0.467 e. The molecule has 0 bridgehead atoms. The van der Waals surface area contributed by atoms with Crippen molar-refractivity contribution in [1.82, 2.24) is 4.90 Å². The van der Waals surface area contributed by atoms with Gasteiger partial charge in [0.15, 0.2) is 0 Å². The van der Waals surface area contributed by atoms with Crippen LogP contribution in [0.2, 0.25) is 0 Å². The summed E-state index contributed by atoms with van der Waals surface area (Å²) >= 11 is 3.31. The first-order valence-electron chi connectivity index (χ1n) is 12.7. The Labute approximate surface area is 232 Å². The van der Waals surface area contributed by atoms with Crippen molar-refractivity contribution in [3.05, 3.63) is 55.8 Å². The second kappa shape index (κ2) is 13.0. The molecule has 0 N–H and O–H groups in total. The number of carbonyl (C=O) groups is 2. The lowest BCUT2D eigenvalue weighted by Crippen LogP contribution is -2.59. The van der Waals surface area contributed by atoms with E-state index in [4.69, 9.17) is 14.2 Å². The topological polar surface area (TPSA) is 94.5 Å². The maximum Gasteiger partial charge on any atom is 0.410 e. The number of rotatable bonds is 9. The van der Waals surface area contributed by atoms with Crippen LogP contribution in [0.4, 0.5) is 9.18 Å². The van der Waals surface area contributed by atoms with Crippen LogP contribution in [-0.2, 0) is 25.4 Å². The number of nitrogens with zero attached hydrogens (tertiary/aromatic N) is 2. The summed E-state index contributed by atoms with van der Waals surface area (Å²) in [6.07, 6.45) is 1.29. The average molecular weight is 598 g/mol. The van der Waals surface area contributed by atoms with Crippen LogP contribution in [0.15, 0.2) is 33.6 Å². The molecule has 1 aliphatic heterocycles. The van der Waals surface area contributed by atoms with Crippen molar-refractivity contribution in [3.8, 4) is 0 Å². The maximum absolute atomic E-state index is 15.7. The van der Waals surface area contributed by atoms with Gasteiger partial charge in [0, 0.05) is 12.1 Å². The molecule has 0 radical (unpaired) electrons. The van der Waals surface area contributed by atoms with Crippen molar-refractivity contribution in [1.29, 1.82) is 0 Å². The maximum atomic E-state index is 15.7. The number of methoxy groups -OCH3 is 1. The molecule has 1 aliphatic rings. The van der Waals surface area contributed by atoms with Gasteiger partial charge in [-0.15, -0.1) is 4.91 Å². The monoisotopic (exact) mass is 596 g/mol. The van der Waals surface area contributed by atoms with Crippen molar-refractivity contribution >= 4 is 33.6 Å². The molecular formula is C28H38BrFN2O6. The van der Waals surface area contributed by atoms with Crippen LogP contribution >= 0.6 is 15.9 Å². The van der Waals surface area contributed by atoms with Crippen LogP contribution in [0.3, 0.4) is 0 Å². The minimum atomic E-state index is -1.99. The van der Waals surface area contributed by atoms with E-state index in [2.05, 4.69) is 27.7 Å². The molecule has 1 atom stereocenters. The molecule has 0 aromatic heterocycles. The summed E-state index contributed by atoms with van der Waals surface area (Å²) in [4.78, 5) is 40.5. The number of hydrogen-bond acceptors (Lipinski definition) is 7. The van der Waals surface area contributed by atoms with E-state index in [1.807, 2.05) is 13.8 Å². The molecule has 1 amide bonds. The first kappa shape index (κ1) is 31.6. The molecule has 1 heterocycles. The van der Waals surface area contributed by atoms with Crippen molar-refractivity contribution in [2.45, 2.75) is 78.4 Å². The largest absolute Gasteiger partial charge is 0.467 e. The predicted octanol–water partition coefficient (Wildman–Crippen LogP) is 6.86. The summed E-state index contributed by atoms with van der Waals surface area (Å²) in [6.45, 7) is 14.5. The van der Waals surface area contributed by atoms with Gasteiger partial charge in [-0.1, -0.05) is 33.3 Å². The summed E-state index contributed by atoms with van der Waals surface area (Å²) in [5.74, 6) is -1.36. The van der Waals surface area contributed by atoms with Crippen LogP contribution in [0, 0.1) is 17.6 Å². The van der Waals surface area contributed by atoms with Gasteiger partial charge in [0.2, 0.25) is 5.60 Å². The fourth-order valence-electron chi connectivity index (χ4n) is 4.50.